The number of anilines is 2. The number of aliphatic imine (C=N–C) groups is 1. The third kappa shape index (κ3) is 8.29. The van der Waals surface area contributed by atoms with Gasteiger partial charge in [0.15, 0.2) is 5.17 Å². The summed E-state index contributed by atoms with van der Waals surface area (Å²) in [5.74, 6) is -0.307. The van der Waals surface area contributed by atoms with Gasteiger partial charge in [0.1, 0.15) is 23.9 Å². The van der Waals surface area contributed by atoms with Crippen molar-refractivity contribution >= 4 is 57.2 Å². The molecule has 4 atom stereocenters. The van der Waals surface area contributed by atoms with E-state index >= 15 is 0 Å². The van der Waals surface area contributed by atoms with Gasteiger partial charge < -0.3 is 38.2 Å². The Labute approximate surface area is 314 Å². The van der Waals surface area contributed by atoms with Crippen LogP contribution in [0.25, 0.3) is 0 Å². The van der Waals surface area contributed by atoms with Crippen molar-refractivity contribution in [2.24, 2.45) is 4.99 Å². The summed E-state index contributed by atoms with van der Waals surface area (Å²) >= 11 is 14.5. The van der Waals surface area contributed by atoms with Crippen molar-refractivity contribution in [2.45, 2.75) is 50.2 Å². The van der Waals surface area contributed by atoms with E-state index in [1.165, 1.54) is 11.4 Å². The predicted octanol–water partition coefficient (Wildman–Crippen LogP) is 7.67. The molecule has 3 aromatic carbocycles. The van der Waals surface area contributed by atoms with Crippen molar-refractivity contribution in [3.8, 4) is 5.75 Å². The highest BCUT2D eigenvalue weighted by Gasteiger charge is 2.45. The summed E-state index contributed by atoms with van der Waals surface area (Å²) in [7, 11) is 1.77. The third-order valence-corrected chi connectivity index (χ3v) is 11.4. The smallest absolute Gasteiger partial charge is 0.215 e. The van der Waals surface area contributed by atoms with E-state index in [1.807, 2.05) is 29.0 Å². The van der Waals surface area contributed by atoms with Crippen LogP contribution < -0.4 is 14.5 Å². The van der Waals surface area contributed by atoms with Gasteiger partial charge in [0.05, 0.1) is 36.7 Å². The van der Waals surface area contributed by atoms with Gasteiger partial charge in [-0.3, -0.25) is 0 Å². The Bertz CT molecular complexity index is 1770. The maximum Gasteiger partial charge on any atom is 0.215 e. The quantitative estimate of drug-likeness (QED) is 0.145. The molecule has 0 radical (unpaired) electrons. The molecule has 3 saturated heterocycles. The van der Waals surface area contributed by atoms with Crippen LogP contribution in [-0.2, 0) is 26.5 Å². The van der Waals surface area contributed by atoms with Crippen LogP contribution in [0.3, 0.4) is 0 Å². The molecule has 0 N–H and O–H groups in total. The van der Waals surface area contributed by atoms with E-state index in [0.717, 1.165) is 55.7 Å². The Kier molecular flexibility index (Phi) is 11.3. The summed E-state index contributed by atoms with van der Waals surface area (Å²) < 4.78 is 26.6. The molecule has 3 aliphatic heterocycles. The minimum absolute atomic E-state index is 0.125. The van der Waals surface area contributed by atoms with Gasteiger partial charge in [-0.25, -0.2) is 9.98 Å². The molecule has 270 valence electrons. The number of hydrogen-bond acceptors (Lipinski definition) is 9. The summed E-state index contributed by atoms with van der Waals surface area (Å²) in [6.07, 6.45) is 6.10. The number of amidine groups is 1. The van der Waals surface area contributed by atoms with E-state index < -0.39 is 5.79 Å². The van der Waals surface area contributed by atoms with Crippen LogP contribution in [0.1, 0.15) is 25.8 Å². The number of rotatable bonds is 12. The molecule has 0 amide bonds. The molecule has 4 aromatic rings. The molecule has 1 aromatic heterocycles. The average molecular weight is 752 g/mol. The number of halogens is 2. The number of nitrogens with zero attached hydrogens (tertiary/aromatic N) is 6. The maximum atomic E-state index is 6.62. The first-order valence-corrected chi connectivity index (χ1v) is 19.1. The molecule has 4 unspecified atom stereocenters. The third-order valence-electron chi connectivity index (χ3n) is 9.72. The predicted molar refractivity (Wildman–Crippen MR) is 206 cm³/mol. The number of benzene rings is 3. The molecule has 0 aliphatic carbocycles. The van der Waals surface area contributed by atoms with Crippen molar-refractivity contribution in [1.29, 1.82) is 0 Å². The second-order valence-electron chi connectivity index (χ2n) is 13.0. The van der Waals surface area contributed by atoms with Crippen LogP contribution in [0.15, 0.2) is 90.4 Å². The van der Waals surface area contributed by atoms with Crippen LogP contribution in [0.2, 0.25) is 10.0 Å². The first kappa shape index (κ1) is 35.9. The molecule has 0 saturated carbocycles. The highest BCUT2D eigenvalue weighted by molar-refractivity contribution is 8.14. The van der Waals surface area contributed by atoms with Gasteiger partial charge in [-0.05, 0) is 74.0 Å². The lowest BCUT2D eigenvalue weighted by Crippen LogP contribution is -2.46. The number of hydrogen-bond donors (Lipinski definition) is 0. The minimum Gasteiger partial charge on any atom is -0.491 e. The highest BCUT2D eigenvalue weighted by atomic mass is 35.5. The van der Waals surface area contributed by atoms with Gasteiger partial charge in [0.25, 0.3) is 0 Å². The second kappa shape index (κ2) is 16.1. The van der Waals surface area contributed by atoms with Crippen molar-refractivity contribution in [1.82, 2.24) is 14.5 Å². The molecule has 51 heavy (non-hydrogen) atoms. The molecule has 4 heterocycles. The fourth-order valence-corrected chi connectivity index (χ4v) is 8.32. The topological polar surface area (TPSA) is 76.8 Å². The van der Waals surface area contributed by atoms with Crippen molar-refractivity contribution < 1.29 is 18.9 Å². The SMILES string of the molecule is CCC(C)N1CC(OC)SC1=Nc1ccc(N2CCN(c3ccc(OCC4COC(Cn5ccnc5)(c5ccc(Cl)cc5Cl)O4)cc3)CC2)cc1. The molecule has 13 heteroatoms. The molecule has 7 rings (SSSR count). The van der Waals surface area contributed by atoms with Crippen molar-refractivity contribution in [3.05, 3.63) is 101 Å². The molecule has 3 aliphatic rings. The van der Waals surface area contributed by atoms with Crippen LogP contribution in [0.4, 0.5) is 17.1 Å². The summed E-state index contributed by atoms with van der Waals surface area (Å²) in [4.78, 5) is 16.4. The number of ether oxygens (including phenoxy) is 4. The molecule has 0 bridgehead atoms. The van der Waals surface area contributed by atoms with E-state index in [2.05, 4.69) is 69.9 Å². The highest BCUT2D eigenvalue weighted by Crippen LogP contribution is 2.41. The first-order valence-electron chi connectivity index (χ1n) is 17.4. The van der Waals surface area contributed by atoms with E-state index in [0.29, 0.717) is 41.4 Å². The molecular weight excluding hydrogens is 707 g/mol. The van der Waals surface area contributed by atoms with Crippen molar-refractivity contribution in [3.63, 3.8) is 0 Å². The lowest BCUT2D eigenvalue weighted by atomic mass is 10.1. The Balaban J connectivity index is 0.912. The molecule has 10 nitrogen and oxygen atoms in total. The van der Waals surface area contributed by atoms with Gasteiger partial charge in [-0.2, -0.15) is 0 Å². The Hall–Kier alpha value is -3.45. The number of imidazole rings is 1. The standard InChI is InChI=1S/C38H44Cl2N6O4S/c1-4-27(2)46-22-36(47-3)51-37(46)42-29-6-8-30(9-7-29)44-17-19-45(20-18-44)31-10-12-32(13-11-31)48-23-33-24-49-38(50-33,25-43-16-15-41-26-43)34-14-5-28(39)21-35(34)40/h5-16,21,26-27,33,36H,4,17-20,22-25H2,1-3H3. The number of aromatic nitrogens is 2. The second-order valence-corrected chi connectivity index (χ2v) is 15.0. The van der Waals surface area contributed by atoms with E-state index in [9.17, 15) is 0 Å². The Morgan fingerprint density at radius 1 is 1.00 bits per heavy atom. The number of thioether (sulfide) groups is 1. The summed E-state index contributed by atoms with van der Waals surface area (Å²) in [5, 5.41) is 2.07. The maximum absolute atomic E-state index is 6.62. The molecule has 3 fully saturated rings. The normalized spacial score (nSPS) is 23.7. The monoisotopic (exact) mass is 750 g/mol. The minimum atomic E-state index is -1.09. The average Bonchev–Trinajstić information content (AvgIpc) is 3.92. The zero-order chi connectivity index (χ0) is 35.4. The van der Waals surface area contributed by atoms with Gasteiger partial charge in [0.2, 0.25) is 5.79 Å². The van der Waals surface area contributed by atoms with Gasteiger partial charge >= 0.3 is 0 Å². The summed E-state index contributed by atoms with van der Waals surface area (Å²) in [6.45, 7) is 10.2. The largest absolute Gasteiger partial charge is 0.491 e. The fourth-order valence-electron chi connectivity index (χ4n) is 6.65. The van der Waals surface area contributed by atoms with E-state index in [4.69, 9.17) is 47.1 Å². The van der Waals surface area contributed by atoms with Gasteiger partial charge in [-0.15, -0.1) is 0 Å². The van der Waals surface area contributed by atoms with Gasteiger partial charge in [-0.1, -0.05) is 48.0 Å². The number of methoxy groups -OCH3 is 1. The lowest BCUT2D eigenvalue weighted by molar-refractivity contribution is -0.189. The van der Waals surface area contributed by atoms with Gasteiger partial charge in [0, 0.05) is 73.7 Å². The summed E-state index contributed by atoms with van der Waals surface area (Å²) in [6, 6.07) is 22.7. The zero-order valence-corrected chi connectivity index (χ0v) is 31.5. The van der Waals surface area contributed by atoms with Crippen LogP contribution in [0.5, 0.6) is 5.75 Å². The van der Waals surface area contributed by atoms with Crippen LogP contribution >= 0.6 is 35.0 Å². The lowest BCUT2D eigenvalue weighted by Gasteiger charge is -2.37. The van der Waals surface area contributed by atoms with E-state index in [-0.39, 0.29) is 11.5 Å². The summed E-state index contributed by atoms with van der Waals surface area (Å²) in [5.41, 5.74) is 4.22. The zero-order valence-electron chi connectivity index (χ0n) is 29.2. The van der Waals surface area contributed by atoms with Crippen LogP contribution in [0, 0.1) is 0 Å². The Morgan fingerprint density at radius 3 is 2.33 bits per heavy atom. The molecular formula is C38H44Cl2N6O4S. The molecule has 0 spiro atoms. The van der Waals surface area contributed by atoms with Crippen molar-refractivity contribution in [2.75, 3.05) is 62.8 Å². The van der Waals surface area contributed by atoms with Crippen LogP contribution in [-0.4, -0.2) is 90.2 Å². The van der Waals surface area contributed by atoms with E-state index in [1.54, 1.807) is 43.5 Å². The first-order chi connectivity index (χ1) is 24.8. The Morgan fingerprint density at radius 2 is 1.71 bits per heavy atom. The fraction of sp³-hybridized carbons (Fsp3) is 0.421. The number of piperazine rings is 1.